The quantitative estimate of drug-likeness (QED) is 0.846. The maximum absolute atomic E-state index is 12.3. The molecule has 2 aromatic rings. The second-order valence-electron chi connectivity index (χ2n) is 5.51. The van der Waals surface area contributed by atoms with Crippen molar-refractivity contribution in [1.29, 1.82) is 0 Å². The maximum atomic E-state index is 12.3. The number of rotatable bonds is 5. The van der Waals surface area contributed by atoms with Crippen LogP contribution in [0.4, 0.5) is 16.2 Å². The lowest BCUT2D eigenvalue weighted by Crippen LogP contribution is -2.30. The van der Waals surface area contributed by atoms with Gasteiger partial charge in [-0.05, 0) is 35.9 Å². The lowest BCUT2D eigenvalue weighted by atomic mass is 10.2. The van der Waals surface area contributed by atoms with Gasteiger partial charge in [-0.15, -0.1) is 0 Å². The summed E-state index contributed by atoms with van der Waals surface area (Å²) < 4.78 is 5.19. The number of nitrogens with one attached hydrogen (secondary N) is 2. The van der Waals surface area contributed by atoms with E-state index >= 15 is 0 Å². The van der Waals surface area contributed by atoms with Gasteiger partial charge in [-0.2, -0.15) is 0 Å². The van der Waals surface area contributed by atoms with E-state index < -0.39 is 0 Å². The van der Waals surface area contributed by atoms with Crippen LogP contribution in [-0.2, 0) is 11.3 Å². The van der Waals surface area contributed by atoms with Gasteiger partial charge in [0.05, 0.1) is 12.8 Å². The van der Waals surface area contributed by atoms with Gasteiger partial charge >= 0.3 is 6.03 Å². The summed E-state index contributed by atoms with van der Waals surface area (Å²) in [4.78, 5) is 25.2. The zero-order valence-corrected chi connectivity index (χ0v) is 15.1. The van der Waals surface area contributed by atoms with Crippen molar-refractivity contribution in [3.8, 4) is 5.75 Å². The number of methoxy groups -OCH3 is 1. The van der Waals surface area contributed by atoms with Crippen molar-refractivity contribution < 1.29 is 14.3 Å². The van der Waals surface area contributed by atoms with Crippen molar-refractivity contribution in [2.45, 2.75) is 13.5 Å². The van der Waals surface area contributed by atoms with Crippen LogP contribution in [0, 0.1) is 0 Å². The minimum absolute atomic E-state index is 0.221. The molecule has 7 heteroatoms. The Hall–Kier alpha value is -2.73. The Morgan fingerprint density at radius 3 is 2.40 bits per heavy atom. The molecule has 0 bridgehead atoms. The second-order valence-corrected chi connectivity index (χ2v) is 5.95. The molecular formula is C18H20ClN3O3. The fraction of sp³-hybridized carbons (Fsp3) is 0.222. The topological polar surface area (TPSA) is 70.7 Å². The van der Waals surface area contributed by atoms with Gasteiger partial charge in [0, 0.05) is 31.2 Å². The van der Waals surface area contributed by atoms with Gasteiger partial charge in [-0.1, -0.05) is 23.7 Å². The standard InChI is InChI=1S/C18H20ClN3O3/c1-12(23)20-16-10-15(8-9-17(16)25-3)21-18(24)22(2)11-13-4-6-14(19)7-5-13/h4-10H,11H2,1-3H3,(H,20,23)(H,21,24). The lowest BCUT2D eigenvalue weighted by molar-refractivity contribution is -0.114. The Morgan fingerprint density at radius 2 is 1.80 bits per heavy atom. The summed E-state index contributed by atoms with van der Waals surface area (Å²) in [7, 11) is 3.21. The van der Waals surface area contributed by atoms with Gasteiger partial charge in [-0.25, -0.2) is 4.79 Å². The Bertz CT molecular complexity index is 763. The van der Waals surface area contributed by atoms with Crippen LogP contribution in [-0.4, -0.2) is 31.0 Å². The van der Waals surface area contributed by atoms with Gasteiger partial charge in [0.25, 0.3) is 0 Å². The molecule has 2 aromatic carbocycles. The van der Waals surface area contributed by atoms with E-state index in [9.17, 15) is 9.59 Å². The predicted octanol–water partition coefficient (Wildman–Crippen LogP) is 3.97. The van der Waals surface area contributed by atoms with Crippen LogP contribution in [0.25, 0.3) is 0 Å². The molecule has 3 amide bonds. The van der Waals surface area contributed by atoms with Crippen molar-refractivity contribution in [2.24, 2.45) is 0 Å². The highest BCUT2D eigenvalue weighted by molar-refractivity contribution is 6.30. The molecule has 25 heavy (non-hydrogen) atoms. The van der Waals surface area contributed by atoms with Crippen LogP contribution in [0.2, 0.25) is 5.02 Å². The average molecular weight is 362 g/mol. The van der Waals surface area contributed by atoms with Gasteiger partial charge in [0.2, 0.25) is 5.91 Å². The SMILES string of the molecule is COc1ccc(NC(=O)N(C)Cc2ccc(Cl)cc2)cc1NC(C)=O. The van der Waals surface area contributed by atoms with Gasteiger partial charge < -0.3 is 20.3 Å². The van der Waals surface area contributed by atoms with Crippen molar-refractivity contribution in [3.05, 3.63) is 53.1 Å². The number of halogens is 1. The highest BCUT2D eigenvalue weighted by Crippen LogP contribution is 2.28. The number of urea groups is 1. The molecule has 0 fully saturated rings. The van der Waals surface area contributed by atoms with Crippen LogP contribution in [0.15, 0.2) is 42.5 Å². The maximum Gasteiger partial charge on any atom is 0.321 e. The Balaban J connectivity index is 2.05. The van der Waals surface area contributed by atoms with E-state index in [0.717, 1.165) is 5.56 Å². The smallest absolute Gasteiger partial charge is 0.321 e. The number of anilines is 2. The highest BCUT2D eigenvalue weighted by Gasteiger charge is 2.12. The van der Waals surface area contributed by atoms with Gasteiger partial charge in [0.15, 0.2) is 0 Å². The number of hydrogen-bond acceptors (Lipinski definition) is 3. The first kappa shape index (κ1) is 18.6. The minimum Gasteiger partial charge on any atom is -0.495 e. The average Bonchev–Trinajstić information content (AvgIpc) is 2.56. The molecule has 0 saturated heterocycles. The molecule has 132 valence electrons. The zero-order chi connectivity index (χ0) is 18.4. The van der Waals surface area contributed by atoms with Crippen molar-refractivity contribution in [2.75, 3.05) is 24.8 Å². The fourth-order valence-electron chi connectivity index (χ4n) is 2.23. The van der Waals surface area contributed by atoms with Gasteiger partial charge in [-0.3, -0.25) is 4.79 Å². The highest BCUT2D eigenvalue weighted by atomic mass is 35.5. The summed E-state index contributed by atoms with van der Waals surface area (Å²) in [6.45, 7) is 1.85. The molecule has 0 aliphatic carbocycles. The summed E-state index contributed by atoms with van der Waals surface area (Å²) >= 11 is 5.86. The van der Waals surface area contributed by atoms with E-state index in [0.29, 0.717) is 28.7 Å². The number of carbonyl (C=O) groups excluding carboxylic acids is 2. The normalized spacial score (nSPS) is 10.1. The molecule has 0 aromatic heterocycles. The first-order chi connectivity index (χ1) is 11.9. The number of ether oxygens (including phenoxy) is 1. The van der Waals surface area contributed by atoms with E-state index in [1.807, 2.05) is 12.1 Å². The number of benzene rings is 2. The first-order valence-corrected chi connectivity index (χ1v) is 7.99. The second kappa shape index (κ2) is 8.39. The third kappa shape index (κ3) is 5.39. The number of nitrogens with zero attached hydrogens (tertiary/aromatic N) is 1. The van der Waals surface area contributed by atoms with Gasteiger partial charge in [0.1, 0.15) is 5.75 Å². The van der Waals surface area contributed by atoms with E-state index in [1.54, 1.807) is 42.3 Å². The zero-order valence-electron chi connectivity index (χ0n) is 14.3. The summed E-state index contributed by atoms with van der Waals surface area (Å²) in [5.41, 5.74) is 2.02. The molecule has 0 spiro atoms. The van der Waals surface area contributed by atoms with E-state index in [-0.39, 0.29) is 11.9 Å². The monoisotopic (exact) mass is 361 g/mol. The summed E-state index contributed by atoms with van der Waals surface area (Å²) in [5, 5.41) is 6.12. The number of amides is 3. The minimum atomic E-state index is -0.270. The molecule has 0 atom stereocenters. The summed E-state index contributed by atoms with van der Waals surface area (Å²) in [5.74, 6) is 0.296. The summed E-state index contributed by atoms with van der Waals surface area (Å²) in [6.07, 6.45) is 0. The van der Waals surface area contributed by atoms with Crippen molar-refractivity contribution >= 4 is 34.9 Å². The fourth-order valence-corrected chi connectivity index (χ4v) is 2.35. The van der Waals surface area contributed by atoms with Crippen molar-refractivity contribution in [1.82, 2.24) is 4.90 Å². The van der Waals surface area contributed by atoms with E-state index in [2.05, 4.69) is 10.6 Å². The molecule has 2 N–H and O–H groups in total. The van der Waals surface area contributed by atoms with E-state index in [4.69, 9.17) is 16.3 Å². The Labute approximate surface area is 151 Å². The third-order valence-electron chi connectivity index (χ3n) is 3.44. The van der Waals surface area contributed by atoms with Crippen molar-refractivity contribution in [3.63, 3.8) is 0 Å². The largest absolute Gasteiger partial charge is 0.495 e. The van der Waals surface area contributed by atoms with E-state index in [1.165, 1.54) is 14.0 Å². The molecule has 6 nitrogen and oxygen atoms in total. The number of hydrogen-bond donors (Lipinski definition) is 2. The molecule has 2 rings (SSSR count). The molecule has 0 heterocycles. The van der Waals surface area contributed by atoms with Crippen LogP contribution in [0.1, 0.15) is 12.5 Å². The van der Waals surface area contributed by atoms with Crippen LogP contribution < -0.4 is 15.4 Å². The molecule has 0 radical (unpaired) electrons. The predicted molar refractivity (Wildman–Crippen MR) is 99.2 cm³/mol. The number of carbonyl (C=O) groups is 2. The first-order valence-electron chi connectivity index (χ1n) is 7.61. The molecular weight excluding hydrogens is 342 g/mol. The molecule has 0 saturated carbocycles. The molecule has 0 aliphatic heterocycles. The Morgan fingerprint density at radius 1 is 1.12 bits per heavy atom. The van der Waals surface area contributed by atoms with Crippen LogP contribution in [0.3, 0.4) is 0 Å². The Kier molecular flexibility index (Phi) is 6.25. The molecule has 0 unspecified atom stereocenters. The molecule has 0 aliphatic rings. The lowest BCUT2D eigenvalue weighted by Gasteiger charge is -2.19. The third-order valence-corrected chi connectivity index (χ3v) is 3.69. The van der Waals surface area contributed by atoms with Crippen LogP contribution in [0.5, 0.6) is 5.75 Å². The van der Waals surface area contributed by atoms with Crippen LogP contribution >= 0.6 is 11.6 Å². The summed E-state index contributed by atoms with van der Waals surface area (Å²) in [6, 6.07) is 12.1.